The molecule has 3 heterocycles. The average Bonchev–Trinajstić information content (AvgIpc) is 2.86. The Labute approximate surface area is 215 Å². The Bertz CT molecular complexity index is 1370. The topological polar surface area (TPSA) is 112 Å². The molecule has 1 aromatic heterocycles. The van der Waals surface area contributed by atoms with E-state index in [1.165, 1.54) is 11.3 Å². The minimum Gasteiger partial charge on any atom is -0.422 e. The molecule has 8 nitrogen and oxygen atoms in total. The van der Waals surface area contributed by atoms with E-state index in [0.29, 0.717) is 11.0 Å². The van der Waals surface area contributed by atoms with E-state index in [-0.39, 0.29) is 12.1 Å². The van der Waals surface area contributed by atoms with Crippen LogP contribution in [0.4, 0.5) is 5.69 Å². The fourth-order valence-electron chi connectivity index (χ4n) is 4.99. The first kappa shape index (κ1) is 23.8. The molecule has 2 amide bonds. The van der Waals surface area contributed by atoms with Crippen molar-refractivity contribution in [2.24, 2.45) is 0 Å². The van der Waals surface area contributed by atoms with Crippen molar-refractivity contribution >= 4 is 51.1 Å². The van der Waals surface area contributed by atoms with Gasteiger partial charge in [-0.25, -0.2) is 4.79 Å². The van der Waals surface area contributed by atoms with Crippen molar-refractivity contribution in [3.63, 3.8) is 0 Å². The molecule has 5 rings (SSSR count). The van der Waals surface area contributed by atoms with Crippen LogP contribution in [0.5, 0.6) is 0 Å². The highest BCUT2D eigenvalue weighted by Gasteiger charge is 2.28. The number of halogens is 1. The molecule has 0 saturated heterocycles. The van der Waals surface area contributed by atoms with Crippen molar-refractivity contribution in [1.82, 2.24) is 10.6 Å². The molecule has 35 heavy (non-hydrogen) atoms. The number of aryl methyl sites for hydroxylation is 2. The van der Waals surface area contributed by atoms with Crippen LogP contribution in [0.2, 0.25) is 0 Å². The average molecular weight is 587 g/mol. The molecule has 0 saturated carbocycles. The van der Waals surface area contributed by atoms with Crippen LogP contribution < -0.4 is 21.2 Å². The number of amides is 2. The number of benzene rings is 2. The molecule has 9 heteroatoms. The molecule has 1 atom stereocenters. The third-order valence-electron chi connectivity index (χ3n) is 6.62. The van der Waals surface area contributed by atoms with Gasteiger partial charge in [0.05, 0.1) is 6.61 Å². The Balaban J connectivity index is 1.37. The fourth-order valence-corrected chi connectivity index (χ4v) is 5.60. The number of nitrogens with zero attached hydrogens (tertiary/aromatic N) is 1. The number of fused-ring (bicyclic) bond motifs is 2. The molecule has 182 valence electrons. The summed E-state index contributed by atoms with van der Waals surface area (Å²) in [6.07, 6.45) is 3.84. The molecular weight excluding hydrogens is 561 g/mol. The van der Waals surface area contributed by atoms with Crippen molar-refractivity contribution in [3.05, 3.63) is 72.6 Å². The Kier molecular flexibility index (Phi) is 6.79. The van der Waals surface area contributed by atoms with Crippen LogP contribution in [0.25, 0.3) is 11.0 Å². The van der Waals surface area contributed by atoms with Crippen LogP contribution in [0.1, 0.15) is 39.9 Å². The molecule has 3 aromatic rings. The summed E-state index contributed by atoms with van der Waals surface area (Å²) in [5.74, 6) is -1.29. The standard InChI is InChI=1S/C26H26IN3O5/c27-18-6-1-4-15(10-18)13-28-25(33)21(14-31)29-24(32)20-12-17-11-16-5-2-8-30-9-3-7-19(22(16)30)23(17)35-26(20)34/h1,4,6,10-12,21,31H,2-3,5,7-9,13-14H2,(H,28,33)(H,29,32). The lowest BCUT2D eigenvalue weighted by Crippen LogP contribution is -2.49. The lowest BCUT2D eigenvalue weighted by molar-refractivity contribution is -0.124. The van der Waals surface area contributed by atoms with Gasteiger partial charge in [0.15, 0.2) is 0 Å². The maximum absolute atomic E-state index is 12.9. The van der Waals surface area contributed by atoms with E-state index < -0.39 is 30.1 Å². The Hall–Kier alpha value is -2.92. The first-order chi connectivity index (χ1) is 16.9. The Morgan fingerprint density at radius 2 is 1.94 bits per heavy atom. The Morgan fingerprint density at radius 1 is 1.14 bits per heavy atom. The summed E-state index contributed by atoms with van der Waals surface area (Å²) >= 11 is 2.18. The van der Waals surface area contributed by atoms with E-state index in [1.807, 2.05) is 30.3 Å². The number of carbonyl (C=O) groups is 2. The van der Waals surface area contributed by atoms with Gasteiger partial charge in [0.1, 0.15) is 17.2 Å². The number of anilines is 1. The van der Waals surface area contributed by atoms with Gasteiger partial charge in [-0.3, -0.25) is 9.59 Å². The molecule has 2 aliphatic heterocycles. The van der Waals surface area contributed by atoms with E-state index in [4.69, 9.17) is 4.42 Å². The molecule has 0 bridgehead atoms. The highest BCUT2D eigenvalue weighted by molar-refractivity contribution is 14.1. The van der Waals surface area contributed by atoms with Gasteiger partial charge in [-0.05, 0) is 83.7 Å². The van der Waals surface area contributed by atoms with Crippen molar-refractivity contribution < 1.29 is 19.1 Å². The third kappa shape index (κ3) is 4.79. The van der Waals surface area contributed by atoms with Crippen molar-refractivity contribution in [1.29, 1.82) is 0 Å². The van der Waals surface area contributed by atoms with Crippen LogP contribution >= 0.6 is 22.6 Å². The number of carbonyl (C=O) groups excluding carboxylic acids is 2. The summed E-state index contributed by atoms with van der Waals surface area (Å²) in [4.78, 5) is 40.7. The lowest BCUT2D eigenvalue weighted by atomic mass is 9.90. The second kappa shape index (κ2) is 9.98. The number of hydrogen-bond donors (Lipinski definition) is 3. The third-order valence-corrected chi connectivity index (χ3v) is 7.29. The van der Waals surface area contributed by atoms with Crippen LogP contribution in [-0.4, -0.2) is 42.7 Å². The van der Waals surface area contributed by atoms with Gasteiger partial charge < -0.3 is 25.1 Å². The summed E-state index contributed by atoms with van der Waals surface area (Å²) in [5, 5.41) is 15.6. The van der Waals surface area contributed by atoms with Crippen LogP contribution in [0.3, 0.4) is 0 Å². The molecule has 1 unspecified atom stereocenters. The number of aliphatic hydroxyl groups is 1. The smallest absolute Gasteiger partial charge is 0.349 e. The van der Waals surface area contributed by atoms with Crippen LogP contribution in [0, 0.1) is 3.57 Å². The largest absolute Gasteiger partial charge is 0.422 e. The van der Waals surface area contributed by atoms with E-state index in [1.54, 1.807) is 6.07 Å². The molecule has 2 aromatic carbocycles. The van der Waals surface area contributed by atoms with Gasteiger partial charge >= 0.3 is 5.63 Å². The maximum Gasteiger partial charge on any atom is 0.349 e. The summed E-state index contributed by atoms with van der Waals surface area (Å²) in [6.45, 7) is 1.66. The predicted molar refractivity (Wildman–Crippen MR) is 141 cm³/mol. The van der Waals surface area contributed by atoms with Crippen LogP contribution in [0.15, 0.2) is 45.6 Å². The summed E-state index contributed by atoms with van der Waals surface area (Å²) in [6, 6.07) is 9.98. The van der Waals surface area contributed by atoms with Gasteiger partial charge in [0, 0.05) is 39.8 Å². The molecule has 0 spiro atoms. The van der Waals surface area contributed by atoms with Gasteiger partial charge in [0.25, 0.3) is 5.91 Å². The zero-order chi connectivity index (χ0) is 24.5. The van der Waals surface area contributed by atoms with E-state index in [9.17, 15) is 19.5 Å². The van der Waals surface area contributed by atoms with Gasteiger partial charge in [-0.2, -0.15) is 0 Å². The van der Waals surface area contributed by atoms with Crippen LogP contribution in [-0.2, 0) is 24.2 Å². The highest BCUT2D eigenvalue weighted by Crippen LogP contribution is 2.39. The minimum absolute atomic E-state index is 0.183. The summed E-state index contributed by atoms with van der Waals surface area (Å²) in [7, 11) is 0. The first-order valence-corrected chi connectivity index (χ1v) is 12.8. The number of rotatable bonds is 6. The second-order valence-electron chi connectivity index (χ2n) is 8.98. The monoisotopic (exact) mass is 587 g/mol. The van der Waals surface area contributed by atoms with Gasteiger partial charge in [0.2, 0.25) is 5.91 Å². The zero-order valence-corrected chi connectivity index (χ0v) is 21.3. The van der Waals surface area contributed by atoms with Crippen molar-refractivity contribution in [3.8, 4) is 0 Å². The van der Waals surface area contributed by atoms with Crippen molar-refractivity contribution in [2.45, 2.75) is 38.3 Å². The number of nitrogens with one attached hydrogen (secondary N) is 2. The van der Waals surface area contributed by atoms with Crippen molar-refractivity contribution in [2.75, 3.05) is 24.6 Å². The highest BCUT2D eigenvalue weighted by atomic mass is 127. The Morgan fingerprint density at radius 3 is 2.71 bits per heavy atom. The fraction of sp³-hybridized carbons (Fsp3) is 0.346. The molecule has 0 radical (unpaired) electrons. The van der Waals surface area contributed by atoms with E-state index in [0.717, 1.165) is 53.5 Å². The maximum atomic E-state index is 12.9. The quantitative estimate of drug-likeness (QED) is 0.302. The second-order valence-corrected chi connectivity index (χ2v) is 10.2. The lowest BCUT2D eigenvalue weighted by Gasteiger charge is -2.37. The number of aliphatic hydroxyl groups excluding tert-OH is 1. The normalized spacial score (nSPS) is 15.4. The minimum atomic E-state index is -1.20. The molecule has 0 fully saturated rings. The summed E-state index contributed by atoms with van der Waals surface area (Å²) < 4.78 is 6.70. The summed E-state index contributed by atoms with van der Waals surface area (Å²) in [5.41, 5.74) is 3.92. The molecule has 2 aliphatic rings. The SMILES string of the molecule is O=C(NC(CO)C(=O)NCc1cccc(I)c1)c1cc2cc3c4c(c2oc1=O)CCCN4CCC3. The molecule has 0 aliphatic carbocycles. The zero-order valence-electron chi connectivity index (χ0n) is 19.1. The molecular formula is C26H26IN3O5. The van der Waals surface area contributed by atoms with Gasteiger partial charge in [-0.1, -0.05) is 12.1 Å². The number of hydrogen-bond acceptors (Lipinski definition) is 6. The van der Waals surface area contributed by atoms with Gasteiger partial charge in [-0.15, -0.1) is 0 Å². The molecule has 3 N–H and O–H groups in total. The van der Waals surface area contributed by atoms with E-state index in [2.05, 4.69) is 38.1 Å². The first-order valence-electron chi connectivity index (χ1n) is 11.8. The predicted octanol–water partition coefficient (Wildman–Crippen LogP) is 2.50. The van der Waals surface area contributed by atoms with E-state index >= 15 is 0 Å².